The number of amides is 1. The van der Waals surface area contributed by atoms with Gasteiger partial charge in [0.2, 0.25) is 5.91 Å². The van der Waals surface area contributed by atoms with Gasteiger partial charge < -0.3 is 9.88 Å². The summed E-state index contributed by atoms with van der Waals surface area (Å²) in [5.74, 6) is -0.243. The first-order valence-electron chi connectivity index (χ1n) is 7.24. The van der Waals surface area contributed by atoms with Crippen LogP contribution in [0.15, 0.2) is 42.5 Å². The molecule has 4 nitrogen and oxygen atoms in total. The van der Waals surface area contributed by atoms with Gasteiger partial charge in [-0.2, -0.15) is 5.26 Å². The zero-order valence-electron chi connectivity index (χ0n) is 12.8. The molecule has 0 radical (unpaired) electrons. The minimum atomic E-state index is -0.243. The predicted octanol–water partition coefficient (Wildman–Crippen LogP) is 4.77. The Balaban J connectivity index is 1.93. The van der Waals surface area contributed by atoms with Crippen LogP contribution in [0.5, 0.6) is 0 Å². The van der Waals surface area contributed by atoms with Gasteiger partial charge in [-0.25, -0.2) is 0 Å². The van der Waals surface area contributed by atoms with E-state index in [1.807, 2.05) is 35.8 Å². The monoisotopic (exact) mass is 357 g/mol. The van der Waals surface area contributed by atoms with Crippen molar-refractivity contribution in [3.63, 3.8) is 0 Å². The molecule has 0 fully saturated rings. The van der Waals surface area contributed by atoms with Crippen molar-refractivity contribution in [3.8, 4) is 6.07 Å². The van der Waals surface area contributed by atoms with E-state index >= 15 is 0 Å². The molecule has 0 saturated carbocycles. The van der Waals surface area contributed by atoms with Crippen molar-refractivity contribution in [3.05, 3.63) is 63.8 Å². The Morgan fingerprint density at radius 1 is 1.21 bits per heavy atom. The number of benzene rings is 2. The molecule has 1 N–H and O–H groups in total. The van der Waals surface area contributed by atoms with Gasteiger partial charge in [0.25, 0.3) is 0 Å². The van der Waals surface area contributed by atoms with Crippen LogP contribution in [-0.4, -0.2) is 10.5 Å². The quantitative estimate of drug-likeness (QED) is 0.733. The molecule has 6 heteroatoms. The second-order valence-corrected chi connectivity index (χ2v) is 6.11. The molecular weight excluding hydrogens is 345 g/mol. The van der Waals surface area contributed by atoms with Crippen molar-refractivity contribution >= 4 is 45.7 Å². The molecule has 120 valence electrons. The predicted molar refractivity (Wildman–Crippen MR) is 96.5 cm³/mol. The number of aromatic nitrogens is 1. The lowest BCUT2D eigenvalue weighted by molar-refractivity contribution is -0.116. The SMILES string of the molecule is Cc1c(C#N)c2ccccc2n1CC(=O)Nc1cccc(Cl)c1Cl. The first-order chi connectivity index (χ1) is 11.5. The van der Waals surface area contributed by atoms with Crippen LogP contribution < -0.4 is 5.32 Å². The average molecular weight is 358 g/mol. The van der Waals surface area contributed by atoms with Crippen molar-refractivity contribution in [1.29, 1.82) is 5.26 Å². The molecule has 1 aromatic heterocycles. The summed E-state index contributed by atoms with van der Waals surface area (Å²) in [6.45, 7) is 1.91. The summed E-state index contributed by atoms with van der Waals surface area (Å²) in [5.41, 5.74) is 2.65. The molecule has 0 aliphatic heterocycles. The Morgan fingerprint density at radius 3 is 2.71 bits per heavy atom. The number of hydrogen-bond donors (Lipinski definition) is 1. The molecule has 0 spiro atoms. The molecule has 1 amide bonds. The Bertz CT molecular complexity index is 986. The Kier molecular flexibility index (Phi) is 4.48. The Hall–Kier alpha value is -2.48. The highest BCUT2D eigenvalue weighted by Gasteiger charge is 2.16. The topological polar surface area (TPSA) is 57.8 Å². The molecule has 0 saturated heterocycles. The first kappa shape index (κ1) is 16.4. The molecule has 2 aromatic carbocycles. The lowest BCUT2D eigenvalue weighted by Gasteiger charge is -2.11. The highest BCUT2D eigenvalue weighted by molar-refractivity contribution is 6.43. The highest BCUT2D eigenvalue weighted by atomic mass is 35.5. The molecule has 3 rings (SSSR count). The van der Waals surface area contributed by atoms with E-state index in [-0.39, 0.29) is 12.5 Å². The van der Waals surface area contributed by atoms with E-state index in [9.17, 15) is 10.1 Å². The number of anilines is 1. The Morgan fingerprint density at radius 2 is 1.96 bits per heavy atom. The smallest absolute Gasteiger partial charge is 0.244 e. The van der Waals surface area contributed by atoms with Gasteiger partial charge in [-0.05, 0) is 25.1 Å². The van der Waals surface area contributed by atoms with Crippen molar-refractivity contribution in [2.75, 3.05) is 5.32 Å². The minimum Gasteiger partial charge on any atom is -0.334 e. The van der Waals surface area contributed by atoms with Gasteiger partial charge >= 0.3 is 0 Å². The van der Waals surface area contributed by atoms with Crippen LogP contribution in [0.2, 0.25) is 10.0 Å². The largest absolute Gasteiger partial charge is 0.334 e. The number of rotatable bonds is 3. The zero-order valence-corrected chi connectivity index (χ0v) is 14.3. The second kappa shape index (κ2) is 6.56. The Labute approximate surface area is 149 Å². The van der Waals surface area contributed by atoms with Gasteiger partial charge in [0, 0.05) is 11.1 Å². The molecule has 3 aromatic rings. The molecule has 0 unspecified atom stereocenters. The van der Waals surface area contributed by atoms with E-state index in [2.05, 4.69) is 11.4 Å². The third-order valence-electron chi connectivity index (χ3n) is 3.87. The number of nitriles is 1. The molecule has 0 aliphatic carbocycles. The van der Waals surface area contributed by atoms with Crippen LogP contribution in [-0.2, 0) is 11.3 Å². The highest BCUT2D eigenvalue weighted by Crippen LogP contribution is 2.30. The molecule has 0 atom stereocenters. The van der Waals surface area contributed by atoms with Crippen LogP contribution in [0.25, 0.3) is 10.9 Å². The summed E-state index contributed by atoms with van der Waals surface area (Å²) < 4.78 is 1.82. The van der Waals surface area contributed by atoms with Gasteiger partial charge in [-0.3, -0.25) is 4.79 Å². The maximum atomic E-state index is 12.4. The number of carbonyl (C=O) groups excluding carboxylic acids is 1. The fourth-order valence-electron chi connectivity index (χ4n) is 2.71. The van der Waals surface area contributed by atoms with Crippen LogP contribution in [0.1, 0.15) is 11.3 Å². The summed E-state index contributed by atoms with van der Waals surface area (Å²) in [4.78, 5) is 12.4. The lowest BCUT2D eigenvalue weighted by Crippen LogP contribution is -2.19. The van der Waals surface area contributed by atoms with Gasteiger partial charge in [-0.1, -0.05) is 47.5 Å². The van der Waals surface area contributed by atoms with Gasteiger partial charge in [0.1, 0.15) is 12.6 Å². The van der Waals surface area contributed by atoms with E-state index in [1.165, 1.54) is 0 Å². The normalized spacial score (nSPS) is 10.6. The van der Waals surface area contributed by atoms with Crippen LogP contribution in [0, 0.1) is 18.3 Å². The summed E-state index contributed by atoms with van der Waals surface area (Å²) in [6.07, 6.45) is 0. The average Bonchev–Trinajstić information content (AvgIpc) is 2.84. The lowest BCUT2D eigenvalue weighted by atomic mass is 10.1. The van der Waals surface area contributed by atoms with Gasteiger partial charge in [0.15, 0.2) is 0 Å². The van der Waals surface area contributed by atoms with Crippen molar-refractivity contribution < 1.29 is 4.79 Å². The first-order valence-corrected chi connectivity index (χ1v) is 8.00. The summed E-state index contributed by atoms with van der Waals surface area (Å²) in [7, 11) is 0. The standard InChI is InChI=1S/C18H13Cl2N3O/c1-11-13(9-21)12-5-2-3-8-16(12)23(11)10-17(24)22-15-7-4-6-14(19)18(15)20/h2-8H,10H2,1H3,(H,22,24). The van der Waals surface area contributed by atoms with Crippen LogP contribution in [0.4, 0.5) is 5.69 Å². The number of para-hydroxylation sites is 1. The van der Waals surface area contributed by atoms with Crippen LogP contribution >= 0.6 is 23.2 Å². The number of nitrogens with one attached hydrogen (secondary N) is 1. The van der Waals surface area contributed by atoms with Crippen molar-refractivity contribution in [2.24, 2.45) is 0 Å². The third-order valence-corrected chi connectivity index (χ3v) is 4.69. The van der Waals surface area contributed by atoms with Crippen molar-refractivity contribution in [2.45, 2.75) is 13.5 Å². The van der Waals surface area contributed by atoms with Gasteiger partial charge in [0.05, 0.1) is 26.8 Å². The van der Waals surface area contributed by atoms with E-state index in [1.54, 1.807) is 18.2 Å². The number of carbonyl (C=O) groups is 1. The molecule has 0 aliphatic rings. The van der Waals surface area contributed by atoms with E-state index in [0.717, 1.165) is 16.6 Å². The third kappa shape index (κ3) is 2.84. The maximum Gasteiger partial charge on any atom is 0.244 e. The number of halogens is 2. The maximum absolute atomic E-state index is 12.4. The molecule has 0 bridgehead atoms. The molecular formula is C18H13Cl2N3O. The van der Waals surface area contributed by atoms with Crippen molar-refractivity contribution in [1.82, 2.24) is 4.57 Å². The van der Waals surface area contributed by atoms with Crippen LogP contribution in [0.3, 0.4) is 0 Å². The summed E-state index contributed by atoms with van der Waals surface area (Å²) in [5, 5.41) is 13.7. The number of hydrogen-bond acceptors (Lipinski definition) is 2. The zero-order chi connectivity index (χ0) is 17.3. The van der Waals surface area contributed by atoms with E-state index in [4.69, 9.17) is 23.2 Å². The summed E-state index contributed by atoms with van der Waals surface area (Å²) in [6, 6.07) is 14.8. The molecule has 24 heavy (non-hydrogen) atoms. The fourth-order valence-corrected chi connectivity index (χ4v) is 3.06. The fraction of sp³-hybridized carbons (Fsp3) is 0.111. The van der Waals surface area contributed by atoms with Gasteiger partial charge in [-0.15, -0.1) is 0 Å². The summed E-state index contributed by atoms with van der Waals surface area (Å²) >= 11 is 12.1. The number of fused-ring (bicyclic) bond motifs is 1. The number of nitrogens with zero attached hydrogens (tertiary/aromatic N) is 2. The minimum absolute atomic E-state index is 0.0802. The van der Waals surface area contributed by atoms with E-state index in [0.29, 0.717) is 21.3 Å². The second-order valence-electron chi connectivity index (χ2n) is 5.33. The van der Waals surface area contributed by atoms with E-state index < -0.39 is 0 Å². The molecule has 1 heterocycles.